The number of rotatable bonds is 2. The van der Waals surface area contributed by atoms with E-state index < -0.39 is 23.0 Å². The highest BCUT2D eigenvalue weighted by molar-refractivity contribution is 5.35. The van der Waals surface area contributed by atoms with Crippen LogP contribution >= 0.6 is 0 Å². The molecular formula is C10H11F2NO2. The fourth-order valence-electron chi connectivity index (χ4n) is 1.65. The van der Waals surface area contributed by atoms with Gasteiger partial charge in [-0.3, -0.25) is 0 Å². The fourth-order valence-corrected chi connectivity index (χ4v) is 1.65. The largest absolute Gasteiger partial charge is 0.505 e. The van der Waals surface area contributed by atoms with Crippen LogP contribution in [-0.4, -0.2) is 28.9 Å². The van der Waals surface area contributed by atoms with Gasteiger partial charge in [0.15, 0.2) is 11.6 Å². The fraction of sp³-hybridized carbons (Fsp3) is 0.400. The van der Waals surface area contributed by atoms with Gasteiger partial charge in [-0.2, -0.15) is 0 Å². The van der Waals surface area contributed by atoms with Crippen LogP contribution in [-0.2, 0) is 6.42 Å². The second-order valence-corrected chi connectivity index (χ2v) is 3.90. The summed E-state index contributed by atoms with van der Waals surface area (Å²) in [7, 11) is 0. The highest BCUT2D eigenvalue weighted by Gasteiger charge is 2.35. The molecule has 1 aliphatic rings. The number of nitrogens with one attached hydrogen (secondary N) is 1. The zero-order valence-corrected chi connectivity index (χ0v) is 7.93. The number of phenolic OH excluding ortho intramolecular Hbond substituents is 1. The molecule has 1 heterocycles. The van der Waals surface area contributed by atoms with Gasteiger partial charge in [0, 0.05) is 31.1 Å². The number of halogens is 2. The number of benzene rings is 1. The van der Waals surface area contributed by atoms with Crippen LogP contribution in [0.5, 0.6) is 5.75 Å². The summed E-state index contributed by atoms with van der Waals surface area (Å²) in [6, 6.07) is 1.65. The maximum absolute atomic E-state index is 12.9. The van der Waals surface area contributed by atoms with E-state index in [1.54, 1.807) is 0 Å². The van der Waals surface area contributed by atoms with Crippen LogP contribution in [0.2, 0.25) is 0 Å². The molecule has 1 aromatic carbocycles. The molecule has 0 aliphatic carbocycles. The molecule has 0 atom stereocenters. The van der Waals surface area contributed by atoms with Gasteiger partial charge >= 0.3 is 0 Å². The summed E-state index contributed by atoms with van der Waals surface area (Å²) in [5.74, 6) is -2.34. The monoisotopic (exact) mass is 215 g/mol. The first-order chi connectivity index (χ1) is 7.00. The molecule has 1 fully saturated rings. The van der Waals surface area contributed by atoms with Crippen molar-refractivity contribution in [3.05, 3.63) is 29.3 Å². The van der Waals surface area contributed by atoms with E-state index in [1.165, 1.54) is 0 Å². The lowest BCUT2D eigenvalue weighted by Crippen LogP contribution is -2.60. The minimum absolute atomic E-state index is 0.0422. The Morgan fingerprint density at radius 3 is 2.53 bits per heavy atom. The zero-order chi connectivity index (χ0) is 11.1. The van der Waals surface area contributed by atoms with Crippen LogP contribution in [0.25, 0.3) is 0 Å². The Morgan fingerprint density at radius 1 is 1.33 bits per heavy atom. The minimum atomic E-state index is -1.00. The van der Waals surface area contributed by atoms with Gasteiger partial charge < -0.3 is 15.5 Å². The number of aromatic hydroxyl groups is 1. The molecule has 0 saturated carbocycles. The molecule has 15 heavy (non-hydrogen) atoms. The second-order valence-electron chi connectivity index (χ2n) is 3.90. The third kappa shape index (κ3) is 1.93. The Hall–Kier alpha value is -1.20. The maximum Gasteiger partial charge on any atom is 0.168 e. The Kier molecular flexibility index (Phi) is 2.36. The van der Waals surface area contributed by atoms with E-state index in [1.807, 2.05) is 0 Å². The van der Waals surface area contributed by atoms with Crippen molar-refractivity contribution in [1.82, 2.24) is 5.32 Å². The van der Waals surface area contributed by atoms with E-state index in [0.717, 1.165) is 6.07 Å². The lowest BCUT2D eigenvalue weighted by Gasteiger charge is -2.37. The number of hydrogen-bond donors (Lipinski definition) is 3. The minimum Gasteiger partial charge on any atom is -0.505 e. The van der Waals surface area contributed by atoms with E-state index in [4.69, 9.17) is 0 Å². The lowest BCUT2D eigenvalue weighted by atomic mass is 9.89. The van der Waals surface area contributed by atoms with Crippen molar-refractivity contribution in [3.8, 4) is 5.75 Å². The summed E-state index contributed by atoms with van der Waals surface area (Å²) in [5.41, 5.74) is -0.908. The molecule has 0 unspecified atom stereocenters. The Balaban J connectivity index is 2.27. The molecule has 1 saturated heterocycles. The molecule has 3 N–H and O–H groups in total. The molecule has 3 nitrogen and oxygen atoms in total. The van der Waals surface area contributed by atoms with Gasteiger partial charge in [0.1, 0.15) is 5.82 Å². The number of aliphatic hydroxyl groups is 1. The van der Waals surface area contributed by atoms with Crippen LogP contribution in [0.4, 0.5) is 8.78 Å². The van der Waals surface area contributed by atoms with Crippen LogP contribution in [0.1, 0.15) is 5.56 Å². The first-order valence-corrected chi connectivity index (χ1v) is 4.60. The van der Waals surface area contributed by atoms with Gasteiger partial charge in [-0.1, -0.05) is 0 Å². The summed E-state index contributed by atoms with van der Waals surface area (Å²) in [6.45, 7) is 0.731. The van der Waals surface area contributed by atoms with Crippen LogP contribution in [0, 0.1) is 11.6 Å². The van der Waals surface area contributed by atoms with Crippen molar-refractivity contribution >= 4 is 0 Å². The lowest BCUT2D eigenvalue weighted by molar-refractivity contribution is -0.00956. The summed E-state index contributed by atoms with van der Waals surface area (Å²) >= 11 is 0. The second kappa shape index (κ2) is 3.43. The third-order valence-electron chi connectivity index (χ3n) is 2.53. The van der Waals surface area contributed by atoms with Crippen molar-refractivity contribution in [3.63, 3.8) is 0 Å². The quantitative estimate of drug-likeness (QED) is 0.675. The van der Waals surface area contributed by atoms with Gasteiger partial charge in [-0.25, -0.2) is 8.78 Å². The average Bonchev–Trinajstić information content (AvgIpc) is 2.11. The average molecular weight is 215 g/mol. The molecule has 0 aromatic heterocycles. The first-order valence-electron chi connectivity index (χ1n) is 4.60. The molecule has 82 valence electrons. The highest BCUT2D eigenvalue weighted by Crippen LogP contribution is 2.27. The van der Waals surface area contributed by atoms with Crippen LogP contribution < -0.4 is 5.32 Å². The normalized spacial score (nSPS) is 18.6. The van der Waals surface area contributed by atoms with E-state index in [-0.39, 0.29) is 12.0 Å². The molecule has 0 amide bonds. The predicted molar refractivity (Wildman–Crippen MR) is 49.5 cm³/mol. The van der Waals surface area contributed by atoms with Crippen molar-refractivity contribution in [1.29, 1.82) is 0 Å². The summed E-state index contributed by atoms with van der Waals surface area (Å²) in [4.78, 5) is 0. The predicted octanol–water partition coefficient (Wildman–Crippen LogP) is 0.547. The highest BCUT2D eigenvalue weighted by atomic mass is 19.1. The summed E-state index contributed by atoms with van der Waals surface area (Å²) in [6.07, 6.45) is 0.0422. The van der Waals surface area contributed by atoms with Crippen molar-refractivity contribution in [2.75, 3.05) is 13.1 Å². The van der Waals surface area contributed by atoms with Gasteiger partial charge in [0.05, 0.1) is 5.60 Å². The molecule has 0 radical (unpaired) electrons. The third-order valence-corrected chi connectivity index (χ3v) is 2.53. The summed E-state index contributed by atoms with van der Waals surface area (Å²) in [5, 5.41) is 21.9. The topological polar surface area (TPSA) is 52.5 Å². The van der Waals surface area contributed by atoms with Gasteiger partial charge in [0.2, 0.25) is 0 Å². The van der Waals surface area contributed by atoms with E-state index in [9.17, 15) is 19.0 Å². The SMILES string of the molecule is Oc1c(F)cc(F)cc1CC1(O)CNC1. The van der Waals surface area contributed by atoms with Gasteiger partial charge in [0.25, 0.3) is 0 Å². The van der Waals surface area contributed by atoms with Crippen LogP contribution in [0.3, 0.4) is 0 Å². The number of phenols is 1. The maximum atomic E-state index is 12.9. The van der Waals surface area contributed by atoms with E-state index in [0.29, 0.717) is 19.2 Å². The molecule has 0 bridgehead atoms. The summed E-state index contributed by atoms with van der Waals surface area (Å²) < 4.78 is 25.8. The first kappa shape index (κ1) is 10.3. The molecular weight excluding hydrogens is 204 g/mol. The van der Waals surface area contributed by atoms with Gasteiger partial charge in [-0.15, -0.1) is 0 Å². The van der Waals surface area contributed by atoms with Crippen molar-refractivity contribution < 1.29 is 19.0 Å². The Bertz CT molecular complexity index is 391. The number of β-amino-alcohol motifs (C(OH)–C–C–N with tert-alkyl or cyclic N) is 1. The smallest absolute Gasteiger partial charge is 0.168 e. The number of hydrogen-bond acceptors (Lipinski definition) is 3. The van der Waals surface area contributed by atoms with Crippen molar-refractivity contribution in [2.24, 2.45) is 0 Å². The van der Waals surface area contributed by atoms with Crippen LogP contribution in [0.15, 0.2) is 12.1 Å². The molecule has 5 heteroatoms. The molecule has 1 aliphatic heterocycles. The van der Waals surface area contributed by atoms with Crippen molar-refractivity contribution in [2.45, 2.75) is 12.0 Å². The zero-order valence-electron chi connectivity index (χ0n) is 7.93. The van der Waals surface area contributed by atoms with Gasteiger partial charge in [-0.05, 0) is 6.07 Å². The molecule has 2 rings (SSSR count). The van der Waals surface area contributed by atoms with E-state index in [2.05, 4.69) is 5.32 Å². The van der Waals surface area contributed by atoms with E-state index >= 15 is 0 Å². The Labute approximate surface area is 85.4 Å². The molecule has 1 aromatic rings. The standard InChI is InChI=1S/C10H11F2NO2/c11-7-1-6(9(14)8(12)2-7)3-10(15)4-13-5-10/h1-2,13-15H,3-5H2. The molecule has 0 spiro atoms. The Morgan fingerprint density at radius 2 is 2.00 bits per heavy atom.